The Morgan fingerprint density at radius 1 is 1.47 bits per heavy atom. The Morgan fingerprint density at radius 3 is 2.88 bits per heavy atom. The highest BCUT2D eigenvalue weighted by atomic mass is 16.3. The lowest BCUT2D eigenvalue weighted by Crippen LogP contribution is -2.29. The molecular weight excluding hydrogens is 214 g/mol. The normalized spacial score (nSPS) is 20.8. The van der Waals surface area contributed by atoms with Gasteiger partial charge in [-0.05, 0) is 31.9 Å². The maximum atomic E-state index is 12.2. The number of Topliss-reactive ketones (excluding diaryl/α,β-unsaturated/α-hetero) is 1. The Morgan fingerprint density at radius 2 is 2.24 bits per heavy atom. The first kappa shape index (κ1) is 12.3. The summed E-state index contributed by atoms with van der Waals surface area (Å²) in [5.74, 6) is 0.153. The second kappa shape index (κ2) is 4.98. The zero-order valence-electron chi connectivity index (χ0n) is 10.4. The van der Waals surface area contributed by atoms with E-state index in [4.69, 9.17) is 0 Å². The van der Waals surface area contributed by atoms with Gasteiger partial charge < -0.3 is 5.11 Å². The number of β-amino-alcohol motifs (C(OH)–C–C–N with tert-alkyl or cyclic N) is 1. The third kappa shape index (κ3) is 2.93. The molecule has 92 valence electrons. The van der Waals surface area contributed by atoms with Crippen LogP contribution in [0.3, 0.4) is 0 Å². The molecule has 1 heterocycles. The molecule has 1 aliphatic rings. The SMILES string of the molecule is Cc1ccc(C)c(C(=O)CN2CCC(O)C2)c1. The van der Waals surface area contributed by atoms with E-state index in [2.05, 4.69) is 0 Å². The zero-order valence-corrected chi connectivity index (χ0v) is 10.4. The first-order valence-electron chi connectivity index (χ1n) is 6.07. The van der Waals surface area contributed by atoms with E-state index in [1.165, 1.54) is 0 Å². The van der Waals surface area contributed by atoms with Gasteiger partial charge in [0.05, 0.1) is 12.6 Å². The maximum Gasteiger partial charge on any atom is 0.177 e. The summed E-state index contributed by atoms with van der Waals surface area (Å²) in [6.07, 6.45) is 0.515. The van der Waals surface area contributed by atoms with Crippen LogP contribution in [0.15, 0.2) is 18.2 Å². The average Bonchev–Trinajstić information content (AvgIpc) is 2.67. The number of likely N-dealkylation sites (tertiary alicyclic amines) is 1. The highest BCUT2D eigenvalue weighted by molar-refractivity contribution is 5.99. The molecule has 1 N–H and O–H groups in total. The lowest BCUT2D eigenvalue weighted by atomic mass is 10.0. The van der Waals surface area contributed by atoms with Crippen molar-refractivity contribution in [1.82, 2.24) is 4.90 Å². The minimum Gasteiger partial charge on any atom is -0.392 e. The van der Waals surface area contributed by atoms with Gasteiger partial charge in [-0.2, -0.15) is 0 Å². The van der Waals surface area contributed by atoms with E-state index in [1.807, 2.05) is 36.9 Å². The van der Waals surface area contributed by atoms with E-state index in [0.717, 1.165) is 29.7 Å². The standard InChI is InChI=1S/C14H19NO2/c1-10-3-4-11(2)13(7-10)14(17)9-15-6-5-12(16)8-15/h3-4,7,12,16H,5-6,8-9H2,1-2H3. The van der Waals surface area contributed by atoms with Crippen LogP contribution in [0.5, 0.6) is 0 Å². The van der Waals surface area contributed by atoms with E-state index in [9.17, 15) is 9.90 Å². The molecule has 3 heteroatoms. The molecule has 1 atom stereocenters. The molecule has 1 unspecified atom stereocenters. The zero-order chi connectivity index (χ0) is 12.4. The van der Waals surface area contributed by atoms with E-state index in [0.29, 0.717) is 13.1 Å². The molecule has 1 aromatic rings. The third-order valence-corrected chi connectivity index (χ3v) is 3.31. The van der Waals surface area contributed by atoms with Crippen LogP contribution in [0.2, 0.25) is 0 Å². The topological polar surface area (TPSA) is 40.5 Å². The molecule has 3 nitrogen and oxygen atoms in total. The molecule has 1 aromatic carbocycles. The molecule has 0 amide bonds. The number of hydrogen-bond donors (Lipinski definition) is 1. The molecule has 0 aliphatic carbocycles. The van der Waals surface area contributed by atoms with Crippen LogP contribution in [0.1, 0.15) is 27.9 Å². The molecule has 1 fully saturated rings. The number of carbonyl (C=O) groups excluding carboxylic acids is 1. The molecular formula is C14H19NO2. The number of carbonyl (C=O) groups is 1. The van der Waals surface area contributed by atoms with Crippen molar-refractivity contribution in [2.45, 2.75) is 26.4 Å². The van der Waals surface area contributed by atoms with Crippen molar-refractivity contribution in [3.8, 4) is 0 Å². The van der Waals surface area contributed by atoms with Gasteiger partial charge in [0.25, 0.3) is 0 Å². The summed E-state index contributed by atoms with van der Waals surface area (Å²) in [5.41, 5.74) is 2.95. The molecule has 17 heavy (non-hydrogen) atoms. The van der Waals surface area contributed by atoms with Crippen molar-refractivity contribution in [3.63, 3.8) is 0 Å². The lowest BCUT2D eigenvalue weighted by molar-refractivity contribution is 0.0934. The summed E-state index contributed by atoms with van der Waals surface area (Å²) >= 11 is 0. The smallest absolute Gasteiger partial charge is 0.177 e. The van der Waals surface area contributed by atoms with Gasteiger partial charge in [-0.15, -0.1) is 0 Å². The second-order valence-electron chi connectivity index (χ2n) is 4.92. The Balaban J connectivity index is 2.06. The van der Waals surface area contributed by atoms with Gasteiger partial charge in [0, 0.05) is 18.7 Å². The Kier molecular flexibility index (Phi) is 3.60. The van der Waals surface area contributed by atoms with Crippen LogP contribution in [0.25, 0.3) is 0 Å². The minimum absolute atomic E-state index is 0.153. The van der Waals surface area contributed by atoms with Crippen LogP contribution in [-0.4, -0.2) is 41.5 Å². The van der Waals surface area contributed by atoms with Gasteiger partial charge >= 0.3 is 0 Å². The van der Waals surface area contributed by atoms with E-state index in [-0.39, 0.29) is 11.9 Å². The van der Waals surface area contributed by atoms with Crippen molar-refractivity contribution in [2.24, 2.45) is 0 Å². The van der Waals surface area contributed by atoms with E-state index >= 15 is 0 Å². The Labute approximate surface area is 102 Å². The van der Waals surface area contributed by atoms with Gasteiger partial charge in [0.1, 0.15) is 0 Å². The third-order valence-electron chi connectivity index (χ3n) is 3.31. The maximum absolute atomic E-state index is 12.2. The predicted molar refractivity (Wildman–Crippen MR) is 67.3 cm³/mol. The molecule has 0 radical (unpaired) electrons. The van der Waals surface area contributed by atoms with Crippen LogP contribution in [0.4, 0.5) is 0 Å². The fourth-order valence-electron chi connectivity index (χ4n) is 2.28. The van der Waals surface area contributed by atoms with Gasteiger partial charge in [-0.1, -0.05) is 17.7 Å². The number of benzene rings is 1. The first-order valence-corrected chi connectivity index (χ1v) is 6.07. The van der Waals surface area contributed by atoms with Crippen molar-refractivity contribution in [3.05, 3.63) is 34.9 Å². The van der Waals surface area contributed by atoms with Crippen molar-refractivity contribution in [2.75, 3.05) is 19.6 Å². The molecule has 1 saturated heterocycles. The van der Waals surface area contributed by atoms with Crippen molar-refractivity contribution >= 4 is 5.78 Å². The molecule has 0 saturated carbocycles. The van der Waals surface area contributed by atoms with Gasteiger partial charge in [-0.3, -0.25) is 9.69 Å². The second-order valence-corrected chi connectivity index (χ2v) is 4.92. The predicted octanol–water partition coefficient (Wildman–Crippen LogP) is 1.55. The quantitative estimate of drug-likeness (QED) is 0.805. The first-order chi connectivity index (χ1) is 8.06. The minimum atomic E-state index is -0.263. The number of aliphatic hydroxyl groups is 1. The Bertz CT molecular complexity index is 428. The van der Waals surface area contributed by atoms with Crippen LogP contribution in [-0.2, 0) is 0 Å². The summed E-state index contributed by atoms with van der Waals surface area (Å²) in [6, 6.07) is 5.96. The van der Waals surface area contributed by atoms with Gasteiger partial charge in [0.15, 0.2) is 5.78 Å². The van der Waals surface area contributed by atoms with Crippen LogP contribution >= 0.6 is 0 Å². The van der Waals surface area contributed by atoms with Gasteiger partial charge in [-0.25, -0.2) is 0 Å². The molecule has 2 rings (SSSR count). The highest BCUT2D eigenvalue weighted by Gasteiger charge is 2.22. The average molecular weight is 233 g/mol. The summed E-state index contributed by atoms with van der Waals surface area (Å²) in [7, 11) is 0. The van der Waals surface area contributed by atoms with E-state index < -0.39 is 0 Å². The molecule has 1 aliphatic heterocycles. The lowest BCUT2D eigenvalue weighted by Gasteiger charge is -2.14. The number of aryl methyl sites for hydroxylation is 2. The summed E-state index contributed by atoms with van der Waals surface area (Å²) < 4.78 is 0. The van der Waals surface area contributed by atoms with E-state index in [1.54, 1.807) is 0 Å². The monoisotopic (exact) mass is 233 g/mol. The number of aliphatic hydroxyl groups excluding tert-OH is 1. The fourth-order valence-corrected chi connectivity index (χ4v) is 2.28. The number of hydrogen-bond acceptors (Lipinski definition) is 3. The molecule has 0 spiro atoms. The summed E-state index contributed by atoms with van der Waals surface area (Å²) in [5, 5.41) is 9.43. The fraction of sp³-hybridized carbons (Fsp3) is 0.500. The number of ketones is 1. The Hall–Kier alpha value is -1.19. The van der Waals surface area contributed by atoms with Crippen molar-refractivity contribution < 1.29 is 9.90 Å². The van der Waals surface area contributed by atoms with Gasteiger partial charge in [0.2, 0.25) is 0 Å². The number of rotatable bonds is 3. The number of nitrogens with zero attached hydrogens (tertiary/aromatic N) is 1. The molecule has 0 bridgehead atoms. The van der Waals surface area contributed by atoms with Crippen LogP contribution < -0.4 is 0 Å². The molecule has 0 aromatic heterocycles. The van der Waals surface area contributed by atoms with Crippen LogP contribution in [0, 0.1) is 13.8 Å². The highest BCUT2D eigenvalue weighted by Crippen LogP contribution is 2.14. The summed E-state index contributed by atoms with van der Waals surface area (Å²) in [6.45, 7) is 5.82. The largest absolute Gasteiger partial charge is 0.392 e. The van der Waals surface area contributed by atoms with Crippen molar-refractivity contribution in [1.29, 1.82) is 0 Å². The summed E-state index contributed by atoms with van der Waals surface area (Å²) in [4.78, 5) is 14.2.